The molecule has 0 radical (unpaired) electrons. The zero-order valence-electron chi connectivity index (χ0n) is 14.8. The lowest BCUT2D eigenvalue weighted by Crippen LogP contribution is -2.41. The van der Waals surface area contributed by atoms with Crippen LogP contribution < -0.4 is 5.32 Å². The Morgan fingerprint density at radius 2 is 1.59 bits per heavy atom. The summed E-state index contributed by atoms with van der Waals surface area (Å²) in [7, 11) is 0. The third-order valence-corrected chi connectivity index (χ3v) is 5.00. The Bertz CT molecular complexity index is 1060. The molecule has 134 valence electrons. The molecule has 0 aliphatic carbocycles. The quantitative estimate of drug-likeness (QED) is 0.573. The monoisotopic (exact) mass is 358 g/mol. The van der Waals surface area contributed by atoms with Crippen LogP contribution in [0.5, 0.6) is 0 Å². The molecule has 0 aromatic heterocycles. The fourth-order valence-corrected chi connectivity index (χ4v) is 3.54. The van der Waals surface area contributed by atoms with Crippen molar-refractivity contribution < 1.29 is 14.4 Å². The van der Waals surface area contributed by atoms with Gasteiger partial charge in [-0.15, -0.1) is 0 Å². The SMILES string of the molecule is C[C@]1(c2cccc3ccccc23)NC(=O)N(CC(=O)c2ccccc2)C1=O. The van der Waals surface area contributed by atoms with Crippen LogP contribution in [0.15, 0.2) is 72.8 Å². The molecule has 1 N–H and O–H groups in total. The number of Topliss-reactive ketones (excluding diaryl/α,β-unsaturated/α-hetero) is 1. The van der Waals surface area contributed by atoms with E-state index in [1.54, 1.807) is 31.2 Å². The number of hydrogen-bond donors (Lipinski definition) is 1. The molecule has 0 spiro atoms. The average molecular weight is 358 g/mol. The molecule has 1 aliphatic heterocycles. The molecule has 1 atom stereocenters. The molecule has 0 saturated carbocycles. The number of ketones is 1. The summed E-state index contributed by atoms with van der Waals surface area (Å²) in [4.78, 5) is 39.1. The lowest BCUT2D eigenvalue weighted by molar-refractivity contribution is -0.130. The predicted octanol–water partition coefficient (Wildman–Crippen LogP) is 3.49. The fourth-order valence-electron chi connectivity index (χ4n) is 3.54. The maximum absolute atomic E-state index is 13.1. The summed E-state index contributed by atoms with van der Waals surface area (Å²) in [6.07, 6.45) is 0. The van der Waals surface area contributed by atoms with E-state index in [2.05, 4.69) is 5.32 Å². The number of fused-ring (bicyclic) bond motifs is 1. The molecule has 1 fully saturated rings. The van der Waals surface area contributed by atoms with Crippen LogP contribution in [0.25, 0.3) is 10.8 Å². The van der Waals surface area contributed by atoms with Gasteiger partial charge in [-0.05, 0) is 23.3 Å². The first kappa shape index (κ1) is 17.0. The lowest BCUT2D eigenvalue weighted by Gasteiger charge is -2.24. The highest BCUT2D eigenvalue weighted by molar-refractivity contribution is 6.12. The van der Waals surface area contributed by atoms with E-state index >= 15 is 0 Å². The third kappa shape index (κ3) is 2.77. The van der Waals surface area contributed by atoms with Gasteiger partial charge in [0, 0.05) is 5.56 Å². The number of benzene rings is 3. The number of carbonyl (C=O) groups is 3. The molecule has 5 heteroatoms. The summed E-state index contributed by atoms with van der Waals surface area (Å²) in [6.45, 7) is 1.40. The van der Waals surface area contributed by atoms with Crippen molar-refractivity contribution in [2.24, 2.45) is 0 Å². The van der Waals surface area contributed by atoms with Gasteiger partial charge in [-0.3, -0.25) is 14.5 Å². The number of amides is 3. The van der Waals surface area contributed by atoms with Crippen molar-refractivity contribution in [2.75, 3.05) is 6.54 Å². The Morgan fingerprint density at radius 3 is 2.37 bits per heavy atom. The third-order valence-electron chi connectivity index (χ3n) is 5.00. The second-order valence-corrected chi connectivity index (χ2v) is 6.76. The fraction of sp³-hybridized carbons (Fsp3) is 0.136. The van der Waals surface area contributed by atoms with Crippen molar-refractivity contribution >= 4 is 28.5 Å². The van der Waals surface area contributed by atoms with Crippen molar-refractivity contribution in [1.29, 1.82) is 0 Å². The van der Waals surface area contributed by atoms with E-state index in [0.717, 1.165) is 15.7 Å². The second kappa shape index (κ2) is 6.36. The van der Waals surface area contributed by atoms with Gasteiger partial charge in [0.15, 0.2) is 5.78 Å². The maximum Gasteiger partial charge on any atom is 0.325 e. The summed E-state index contributed by atoms with van der Waals surface area (Å²) >= 11 is 0. The highest BCUT2D eigenvalue weighted by Crippen LogP contribution is 2.33. The molecule has 27 heavy (non-hydrogen) atoms. The van der Waals surface area contributed by atoms with Crippen LogP contribution in [0.4, 0.5) is 4.79 Å². The Morgan fingerprint density at radius 1 is 0.926 bits per heavy atom. The molecule has 0 bridgehead atoms. The van der Waals surface area contributed by atoms with Gasteiger partial charge in [0.25, 0.3) is 5.91 Å². The number of imide groups is 1. The van der Waals surface area contributed by atoms with E-state index < -0.39 is 17.5 Å². The minimum Gasteiger partial charge on any atom is -0.319 e. The van der Waals surface area contributed by atoms with Crippen LogP contribution in [0.3, 0.4) is 0 Å². The summed E-state index contributed by atoms with van der Waals surface area (Å²) in [5, 5.41) is 4.66. The number of hydrogen-bond acceptors (Lipinski definition) is 3. The van der Waals surface area contributed by atoms with Gasteiger partial charge in [-0.2, -0.15) is 0 Å². The first-order valence-corrected chi connectivity index (χ1v) is 8.71. The van der Waals surface area contributed by atoms with E-state index in [0.29, 0.717) is 11.1 Å². The molecule has 0 unspecified atom stereocenters. The molecule has 3 aromatic carbocycles. The predicted molar refractivity (Wildman–Crippen MR) is 102 cm³/mol. The molecule has 1 aliphatic rings. The van der Waals surface area contributed by atoms with Gasteiger partial charge in [0.05, 0.1) is 6.54 Å². The average Bonchev–Trinajstić information content (AvgIpc) is 2.92. The molecule has 1 heterocycles. The zero-order valence-corrected chi connectivity index (χ0v) is 14.8. The summed E-state index contributed by atoms with van der Waals surface area (Å²) in [5.41, 5.74) is -0.0278. The number of urea groups is 1. The number of nitrogens with one attached hydrogen (secondary N) is 1. The summed E-state index contributed by atoms with van der Waals surface area (Å²) < 4.78 is 0. The second-order valence-electron chi connectivity index (χ2n) is 6.76. The summed E-state index contributed by atoms with van der Waals surface area (Å²) in [6, 6.07) is 21.5. The molecular formula is C22H18N2O3. The highest BCUT2D eigenvalue weighted by Gasteiger charge is 2.50. The minimum absolute atomic E-state index is 0.277. The van der Waals surface area contributed by atoms with E-state index in [4.69, 9.17) is 0 Å². The van der Waals surface area contributed by atoms with Gasteiger partial charge < -0.3 is 5.32 Å². The van der Waals surface area contributed by atoms with Crippen LogP contribution >= 0.6 is 0 Å². The van der Waals surface area contributed by atoms with Crippen LogP contribution in [0.1, 0.15) is 22.8 Å². The molecule has 5 nitrogen and oxygen atoms in total. The number of rotatable bonds is 4. The van der Waals surface area contributed by atoms with Gasteiger partial charge in [0.1, 0.15) is 5.54 Å². The van der Waals surface area contributed by atoms with E-state index in [1.165, 1.54) is 0 Å². The minimum atomic E-state index is -1.21. The topological polar surface area (TPSA) is 66.5 Å². The standard InChI is InChI=1S/C22H18N2O3/c1-22(18-13-7-11-15-8-5-6-12-17(15)18)20(26)24(21(27)23-22)14-19(25)16-9-3-2-4-10-16/h2-13H,14H2,1H3,(H,23,27)/t22-/m1/s1. The van der Waals surface area contributed by atoms with Gasteiger partial charge in [-0.1, -0.05) is 72.8 Å². The first-order valence-electron chi connectivity index (χ1n) is 8.71. The molecule has 4 rings (SSSR count). The van der Waals surface area contributed by atoms with Crippen LogP contribution in [-0.2, 0) is 10.3 Å². The Balaban J connectivity index is 1.68. The van der Waals surface area contributed by atoms with Crippen LogP contribution in [-0.4, -0.2) is 29.2 Å². The largest absolute Gasteiger partial charge is 0.325 e. The smallest absolute Gasteiger partial charge is 0.319 e. The molecular weight excluding hydrogens is 340 g/mol. The van der Waals surface area contributed by atoms with Crippen molar-refractivity contribution in [2.45, 2.75) is 12.5 Å². The number of carbonyl (C=O) groups excluding carboxylic acids is 3. The van der Waals surface area contributed by atoms with Crippen LogP contribution in [0, 0.1) is 0 Å². The van der Waals surface area contributed by atoms with E-state index in [1.807, 2.05) is 48.5 Å². The normalized spacial score (nSPS) is 19.4. The molecule has 3 amide bonds. The van der Waals surface area contributed by atoms with Gasteiger partial charge >= 0.3 is 6.03 Å². The van der Waals surface area contributed by atoms with Gasteiger partial charge in [0.2, 0.25) is 0 Å². The first-order chi connectivity index (χ1) is 13.0. The summed E-state index contributed by atoms with van der Waals surface area (Å²) in [5.74, 6) is -0.700. The van der Waals surface area contributed by atoms with Gasteiger partial charge in [-0.25, -0.2) is 4.79 Å². The Kier molecular flexibility index (Phi) is 4.00. The van der Waals surface area contributed by atoms with Crippen molar-refractivity contribution in [3.8, 4) is 0 Å². The van der Waals surface area contributed by atoms with Crippen LogP contribution in [0.2, 0.25) is 0 Å². The molecule has 1 saturated heterocycles. The van der Waals surface area contributed by atoms with E-state index in [9.17, 15) is 14.4 Å². The highest BCUT2D eigenvalue weighted by atomic mass is 16.2. The van der Waals surface area contributed by atoms with Crippen molar-refractivity contribution in [1.82, 2.24) is 10.2 Å². The Hall–Kier alpha value is -3.47. The maximum atomic E-state index is 13.1. The van der Waals surface area contributed by atoms with Crippen molar-refractivity contribution in [3.05, 3.63) is 83.9 Å². The number of nitrogens with zero attached hydrogens (tertiary/aromatic N) is 1. The van der Waals surface area contributed by atoms with E-state index in [-0.39, 0.29) is 12.3 Å². The lowest BCUT2D eigenvalue weighted by atomic mass is 9.88. The molecule has 3 aromatic rings. The van der Waals surface area contributed by atoms with Crippen molar-refractivity contribution in [3.63, 3.8) is 0 Å². The zero-order chi connectivity index (χ0) is 19.0. The Labute approximate surface area is 156 Å².